The van der Waals surface area contributed by atoms with Crippen molar-refractivity contribution in [2.75, 3.05) is 13.2 Å². The third-order valence-corrected chi connectivity index (χ3v) is 6.11. The number of rotatable bonds is 5. The summed E-state index contributed by atoms with van der Waals surface area (Å²) in [6.07, 6.45) is 5.15. The summed E-state index contributed by atoms with van der Waals surface area (Å²) in [4.78, 5) is 10.1. The largest absolute Gasteiger partial charge is 0.477 e. The standard InChI is InChI=1S/C15H24NO3P/c1-20(17,18)15(10-3-2-4-11-15)19-14-7-5-13(6-8-14)9-12-16/h5-8H,2-4,9-12,16H2,1H3,(H,17,18). The average molecular weight is 297 g/mol. The molecule has 1 aliphatic rings. The monoisotopic (exact) mass is 297 g/mol. The molecule has 0 bridgehead atoms. The molecule has 1 fully saturated rings. The van der Waals surface area contributed by atoms with Gasteiger partial charge in [0.1, 0.15) is 5.75 Å². The molecule has 20 heavy (non-hydrogen) atoms. The third-order valence-electron chi connectivity index (χ3n) is 4.06. The van der Waals surface area contributed by atoms with Crippen molar-refractivity contribution >= 4 is 7.37 Å². The molecule has 1 saturated carbocycles. The van der Waals surface area contributed by atoms with Gasteiger partial charge in [-0.3, -0.25) is 4.57 Å². The smallest absolute Gasteiger partial charge is 0.239 e. The number of benzene rings is 1. The highest BCUT2D eigenvalue weighted by molar-refractivity contribution is 7.58. The van der Waals surface area contributed by atoms with Gasteiger partial charge in [-0.05, 0) is 56.3 Å². The van der Waals surface area contributed by atoms with Gasteiger partial charge in [-0.15, -0.1) is 0 Å². The van der Waals surface area contributed by atoms with E-state index in [1.807, 2.05) is 24.3 Å². The van der Waals surface area contributed by atoms with Gasteiger partial charge >= 0.3 is 0 Å². The predicted octanol–water partition coefficient (Wildman–Crippen LogP) is 3.13. The minimum absolute atomic E-state index is 0.616. The molecule has 0 spiro atoms. The molecule has 0 saturated heterocycles. The van der Waals surface area contributed by atoms with E-state index in [2.05, 4.69) is 0 Å². The van der Waals surface area contributed by atoms with Crippen molar-refractivity contribution in [2.24, 2.45) is 5.73 Å². The van der Waals surface area contributed by atoms with Crippen LogP contribution in [-0.2, 0) is 11.0 Å². The molecule has 4 nitrogen and oxygen atoms in total. The molecular weight excluding hydrogens is 273 g/mol. The molecule has 1 aliphatic carbocycles. The average Bonchev–Trinajstić information content (AvgIpc) is 2.41. The Morgan fingerprint density at radius 2 is 1.85 bits per heavy atom. The Morgan fingerprint density at radius 1 is 1.25 bits per heavy atom. The summed E-state index contributed by atoms with van der Waals surface area (Å²) >= 11 is 0. The normalized spacial score (nSPS) is 21.1. The van der Waals surface area contributed by atoms with Crippen molar-refractivity contribution in [3.05, 3.63) is 29.8 Å². The predicted molar refractivity (Wildman–Crippen MR) is 81.4 cm³/mol. The zero-order chi connectivity index (χ0) is 14.6. The van der Waals surface area contributed by atoms with Gasteiger partial charge in [0, 0.05) is 6.66 Å². The molecule has 0 aromatic heterocycles. The SMILES string of the molecule is CP(=O)(O)C1(Oc2ccc(CCN)cc2)CCCCC1. The minimum atomic E-state index is -3.30. The van der Waals surface area contributed by atoms with Crippen molar-refractivity contribution in [2.45, 2.75) is 43.9 Å². The lowest BCUT2D eigenvalue weighted by Gasteiger charge is -2.39. The Bertz CT molecular complexity index is 474. The maximum Gasteiger partial charge on any atom is 0.239 e. The molecule has 0 aliphatic heterocycles. The summed E-state index contributed by atoms with van der Waals surface area (Å²) in [6, 6.07) is 7.68. The second-order valence-corrected chi connectivity index (χ2v) is 8.24. The summed E-state index contributed by atoms with van der Waals surface area (Å²) in [5, 5.41) is -0.902. The Labute approximate surface area is 120 Å². The second kappa shape index (κ2) is 6.30. The van der Waals surface area contributed by atoms with E-state index in [1.165, 1.54) is 6.66 Å². The van der Waals surface area contributed by atoms with Crippen molar-refractivity contribution in [1.82, 2.24) is 0 Å². The zero-order valence-corrected chi connectivity index (χ0v) is 12.9. The molecule has 0 amide bonds. The zero-order valence-electron chi connectivity index (χ0n) is 12.0. The highest BCUT2D eigenvalue weighted by atomic mass is 31.2. The van der Waals surface area contributed by atoms with Crippen LogP contribution in [0.4, 0.5) is 0 Å². The lowest BCUT2D eigenvalue weighted by Crippen LogP contribution is -2.37. The van der Waals surface area contributed by atoms with E-state index in [-0.39, 0.29) is 0 Å². The second-order valence-electron chi connectivity index (χ2n) is 5.67. The molecule has 1 aromatic rings. The van der Waals surface area contributed by atoms with Crippen LogP contribution in [-0.4, -0.2) is 23.4 Å². The first-order valence-electron chi connectivity index (χ1n) is 7.25. The topological polar surface area (TPSA) is 72.5 Å². The van der Waals surface area contributed by atoms with E-state index < -0.39 is 12.7 Å². The van der Waals surface area contributed by atoms with Crippen LogP contribution in [0.15, 0.2) is 24.3 Å². The fourth-order valence-electron chi connectivity index (χ4n) is 2.82. The minimum Gasteiger partial charge on any atom is -0.477 e. The molecule has 2 rings (SSSR count). The van der Waals surface area contributed by atoms with E-state index in [9.17, 15) is 9.46 Å². The molecule has 1 atom stereocenters. The van der Waals surface area contributed by atoms with Crippen LogP contribution in [0.25, 0.3) is 0 Å². The third kappa shape index (κ3) is 3.43. The highest BCUT2D eigenvalue weighted by Crippen LogP contribution is 2.58. The molecule has 0 radical (unpaired) electrons. The Hall–Kier alpha value is -0.830. The number of ether oxygens (including phenoxy) is 1. The summed E-state index contributed by atoms with van der Waals surface area (Å²) in [5.41, 5.74) is 6.68. The van der Waals surface area contributed by atoms with Crippen LogP contribution in [0.5, 0.6) is 5.75 Å². The maximum atomic E-state index is 12.3. The molecular formula is C15H24NO3P. The van der Waals surface area contributed by atoms with Crippen LogP contribution in [0.1, 0.15) is 37.7 Å². The van der Waals surface area contributed by atoms with E-state index in [4.69, 9.17) is 10.5 Å². The molecule has 112 valence electrons. The van der Waals surface area contributed by atoms with E-state index in [0.29, 0.717) is 25.1 Å². The van der Waals surface area contributed by atoms with E-state index >= 15 is 0 Å². The highest BCUT2D eigenvalue weighted by Gasteiger charge is 2.47. The molecule has 0 heterocycles. The molecule has 1 aromatic carbocycles. The quantitative estimate of drug-likeness (QED) is 0.819. The van der Waals surface area contributed by atoms with Crippen molar-refractivity contribution in [3.63, 3.8) is 0 Å². The van der Waals surface area contributed by atoms with Crippen molar-refractivity contribution < 1.29 is 14.2 Å². The van der Waals surface area contributed by atoms with Crippen LogP contribution in [0.2, 0.25) is 0 Å². The molecule has 5 heteroatoms. The fraction of sp³-hybridized carbons (Fsp3) is 0.600. The number of hydrogen-bond acceptors (Lipinski definition) is 3. The first-order chi connectivity index (χ1) is 9.47. The van der Waals surface area contributed by atoms with Crippen molar-refractivity contribution in [1.29, 1.82) is 0 Å². The Balaban J connectivity index is 2.17. The van der Waals surface area contributed by atoms with Gasteiger partial charge in [-0.1, -0.05) is 18.6 Å². The fourth-order valence-corrected chi connectivity index (χ4v) is 4.24. The lowest BCUT2D eigenvalue weighted by atomic mass is 9.97. The Morgan fingerprint density at radius 3 is 2.35 bits per heavy atom. The van der Waals surface area contributed by atoms with Gasteiger partial charge in [0.05, 0.1) is 0 Å². The van der Waals surface area contributed by atoms with Gasteiger partial charge in [0.2, 0.25) is 7.37 Å². The van der Waals surface area contributed by atoms with Gasteiger partial charge in [-0.2, -0.15) is 0 Å². The van der Waals surface area contributed by atoms with Crippen LogP contribution >= 0.6 is 7.37 Å². The summed E-state index contributed by atoms with van der Waals surface area (Å²) < 4.78 is 18.3. The summed E-state index contributed by atoms with van der Waals surface area (Å²) in [5.74, 6) is 0.670. The van der Waals surface area contributed by atoms with Crippen LogP contribution in [0, 0.1) is 0 Å². The Kier molecular flexibility index (Phi) is 4.90. The first-order valence-corrected chi connectivity index (χ1v) is 9.36. The molecule has 3 N–H and O–H groups in total. The number of hydrogen-bond donors (Lipinski definition) is 2. The van der Waals surface area contributed by atoms with E-state index in [1.54, 1.807) is 0 Å². The van der Waals surface area contributed by atoms with Crippen molar-refractivity contribution in [3.8, 4) is 5.75 Å². The van der Waals surface area contributed by atoms with Gasteiger partial charge in [-0.25, -0.2) is 0 Å². The first kappa shape index (κ1) is 15.6. The lowest BCUT2D eigenvalue weighted by molar-refractivity contribution is 0.0958. The van der Waals surface area contributed by atoms with Gasteiger partial charge in [0.25, 0.3) is 0 Å². The van der Waals surface area contributed by atoms with Gasteiger partial charge in [0.15, 0.2) is 5.34 Å². The van der Waals surface area contributed by atoms with Crippen LogP contribution < -0.4 is 10.5 Å². The van der Waals surface area contributed by atoms with Gasteiger partial charge < -0.3 is 15.4 Å². The number of nitrogens with two attached hydrogens (primary N) is 1. The van der Waals surface area contributed by atoms with E-state index in [0.717, 1.165) is 31.2 Å². The van der Waals surface area contributed by atoms with Crippen LogP contribution in [0.3, 0.4) is 0 Å². The summed E-state index contributed by atoms with van der Waals surface area (Å²) in [7, 11) is -3.30. The maximum absolute atomic E-state index is 12.3. The summed E-state index contributed by atoms with van der Waals surface area (Å²) in [6.45, 7) is 2.03. The molecule has 1 unspecified atom stereocenters.